The zero-order chi connectivity index (χ0) is 18.7. The Morgan fingerprint density at radius 3 is 2.52 bits per heavy atom. The molecule has 1 amide bonds. The lowest BCUT2D eigenvalue weighted by Gasteiger charge is -2.26. The Hall–Kier alpha value is -1.91. The van der Waals surface area contributed by atoms with E-state index in [1.807, 2.05) is 48.3 Å². The van der Waals surface area contributed by atoms with Crippen LogP contribution in [-0.4, -0.2) is 47.9 Å². The average Bonchev–Trinajstić information content (AvgIpc) is 3.12. The third-order valence-corrected chi connectivity index (χ3v) is 5.34. The number of hydrogen-bond acceptors (Lipinski definition) is 2. The minimum absolute atomic E-state index is 0. The predicted octanol–water partition coefficient (Wildman–Crippen LogP) is 4.40. The Bertz CT molecular complexity index is 766. The van der Waals surface area contributed by atoms with E-state index in [0.717, 1.165) is 30.6 Å². The molecule has 1 aliphatic rings. The van der Waals surface area contributed by atoms with Crippen molar-refractivity contribution in [2.75, 3.05) is 20.1 Å². The molecule has 2 aromatic carbocycles. The molecule has 0 aromatic heterocycles. The summed E-state index contributed by atoms with van der Waals surface area (Å²) in [6, 6.07) is 15.3. The first-order valence-electron chi connectivity index (χ1n) is 9.29. The molecule has 0 N–H and O–H groups in total. The molecule has 1 aliphatic heterocycles. The van der Waals surface area contributed by atoms with Crippen LogP contribution in [0.3, 0.4) is 0 Å². The molecule has 0 radical (unpaired) electrons. The Morgan fingerprint density at radius 1 is 1.22 bits per heavy atom. The van der Waals surface area contributed by atoms with Gasteiger partial charge in [0.2, 0.25) is 5.91 Å². The van der Waals surface area contributed by atoms with Gasteiger partial charge in [0.25, 0.3) is 0 Å². The summed E-state index contributed by atoms with van der Waals surface area (Å²) in [5.74, 6) is -0.233. The first-order valence-corrected chi connectivity index (χ1v) is 9.29. The van der Waals surface area contributed by atoms with E-state index in [1.54, 1.807) is 6.07 Å². The smallest absolute Gasteiger partial charge is 0.227 e. The predicted molar refractivity (Wildman–Crippen MR) is 111 cm³/mol. The normalized spacial score (nSPS) is 17.0. The van der Waals surface area contributed by atoms with Crippen LogP contribution in [0.4, 0.5) is 4.39 Å². The van der Waals surface area contributed by atoms with Crippen LogP contribution in [0.1, 0.15) is 25.8 Å². The molecule has 0 aliphatic carbocycles. The molecule has 1 atom stereocenters. The van der Waals surface area contributed by atoms with Gasteiger partial charge in [-0.2, -0.15) is 0 Å². The summed E-state index contributed by atoms with van der Waals surface area (Å²) in [6.45, 7) is 6.31. The van der Waals surface area contributed by atoms with Crippen LogP contribution in [0, 0.1) is 5.82 Å². The summed E-state index contributed by atoms with van der Waals surface area (Å²) in [6.07, 6.45) is 1.24. The summed E-state index contributed by atoms with van der Waals surface area (Å²) in [7, 11) is 1.87. The molecule has 1 saturated heterocycles. The minimum Gasteiger partial charge on any atom is -0.341 e. The van der Waals surface area contributed by atoms with Gasteiger partial charge < -0.3 is 4.90 Å². The van der Waals surface area contributed by atoms with E-state index < -0.39 is 0 Å². The van der Waals surface area contributed by atoms with Crippen molar-refractivity contribution in [2.24, 2.45) is 0 Å². The molecule has 1 unspecified atom stereocenters. The van der Waals surface area contributed by atoms with Gasteiger partial charge in [0.15, 0.2) is 0 Å². The van der Waals surface area contributed by atoms with Crippen LogP contribution in [0.25, 0.3) is 11.1 Å². The fourth-order valence-electron chi connectivity index (χ4n) is 3.58. The fraction of sp³-hybridized carbons (Fsp3) is 0.409. The first-order chi connectivity index (χ1) is 12.5. The van der Waals surface area contributed by atoms with E-state index in [0.29, 0.717) is 11.6 Å². The number of carbonyl (C=O) groups is 1. The highest BCUT2D eigenvalue weighted by Crippen LogP contribution is 2.24. The summed E-state index contributed by atoms with van der Waals surface area (Å²) in [5.41, 5.74) is 2.14. The van der Waals surface area contributed by atoms with Crippen molar-refractivity contribution in [3.05, 3.63) is 59.9 Å². The van der Waals surface area contributed by atoms with E-state index in [-0.39, 0.29) is 36.6 Å². The van der Waals surface area contributed by atoms with E-state index >= 15 is 0 Å². The van der Waals surface area contributed by atoms with E-state index in [2.05, 4.69) is 18.7 Å². The van der Waals surface area contributed by atoms with Crippen molar-refractivity contribution in [2.45, 2.75) is 38.8 Å². The van der Waals surface area contributed by atoms with Crippen molar-refractivity contribution >= 4 is 18.3 Å². The van der Waals surface area contributed by atoms with E-state index in [1.165, 1.54) is 6.07 Å². The summed E-state index contributed by atoms with van der Waals surface area (Å²) in [5, 5.41) is 0. The van der Waals surface area contributed by atoms with E-state index in [4.69, 9.17) is 0 Å². The van der Waals surface area contributed by atoms with Crippen molar-refractivity contribution < 1.29 is 9.18 Å². The second-order valence-electron chi connectivity index (χ2n) is 7.39. The Labute approximate surface area is 167 Å². The third kappa shape index (κ3) is 5.08. The molecule has 0 spiro atoms. The monoisotopic (exact) mass is 390 g/mol. The number of carbonyl (C=O) groups excluding carboxylic acids is 1. The van der Waals surface area contributed by atoms with Gasteiger partial charge in [0, 0.05) is 37.8 Å². The Balaban J connectivity index is 0.00000261. The number of halogens is 2. The zero-order valence-corrected chi connectivity index (χ0v) is 17.0. The lowest BCUT2D eigenvalue weighted by molar-refractivity contribution is -0.131. The van der Waals surface area contributed by atoms with Gasteiger partial charge >= 0.3 is 0 Å². The molecule has 3 rings (SSSR count). The quantitative estimate of drug-likeness (QED) is 0.755. The zero-order valence-electron chi connectivity index (χ0n) is 16.2. The number of likely N-dealkylation sites (N-methyl/N-ethyl adjacent to an activating group) is 1. The molecule has 0 bridgehead atoms. The van der Waals surface area contributed by atoms with Crippen LogP contribution in [0.2, 0.25) is 0 Å². The van der Waals surface area contributed by atoms with Gasteiger partial charge in [0.1, 0.15) is 5.82 Å². The second-order valence-corrected chi connectivity index (χ2v) is 7.39. The lowest BCUT2D eigenvalue weighted by Crippen LogP contribution is -2.40. The number of rotatable bonds is 5. The van der Waals surface area contributed by atoms with Gasteiger partial charge in [-0.05, 0) is 37.5 Å². The van der Waals surface area contributed by atoms with Crippen LogP contribution in [0.15, 0.2) is 48.5 Å². The molecule has 5 heteroatoms. The Kier molecular flexibility index (Phi) is 7.40. The van der Waals surface area contributed by atoms with Gasteiger partial charge in [-0.3, -0.25) is 9.69 Å². The van der Waals surface area contributed by atoms with E-state index in [9.17, 15) is 9.18 Å². The highest BCUT2D eigenvalue weighted by Gasteiger charge is 2.29. The number of benzene rings is 2. The Morgan fingerprint density at radius 2 is 1.93 bits per heavy atom. The molecule has 1 fully saturated rings. The maximum Gasteiger partial charge on any atom is 0.227 e. The largest absolute Gasteiger partial charge is 0.341 e. The summed E-state index contributed by atoms with van der Waals surface area (Å²) < 4.78 is 14.5. The third-order valence-electron chi connectivity index (χ3n) is 5.34. The molecular weight excluding hydrogens is 363 g/mol. The standard InChI is InChI=1S/C22H27FN2O.ClH/c1-16(2)25-12-11-19(15-25)24(3)22(26)14-17-9-10-20(21(23)13-17)18-7-5-4-6-8-18;/h4-10,13,16,19H,11-12,14-15H2,1-3H3;1H. The lowest BCUT2D eigenvalue weighted by atomic mass is 10.0. The molecule has 3 nitrogen and oxygen atoms in total. The van der Waals surface area contributed by atoms with Crippen LogP contribution in [-0.2, 0) is 11.2 Å². The first kappa shape index (κ1) is 21.4. The summed E-state index contributed by atoms with van der Waals surface area (Å²) >= 11 is 0. The molecule has 2 aromatic rings. The molecule has 27 heavy (non-hydrogen) atoms. The average molecular weight is 391 g/mol. The number of hydrogen-bond donors (Lipinski definition) is 0. The van der Waals surface area contributed by atoms with Crippen molar-refractivity contribution in [3.63, 3.8) is 0 Å². The molecule has 0 saturated carbocycles. The number of nitrogens with zero attached hydrogens (tertiary/aromatic N) is 2. The summed E-state index contributed by atoms with van der Waals surface area (Å²) in [4.78, 5) is 16.9. The van der Waals surface area contributed by atoms with Crippen molar-refractivity contribution in [1.29, 1.82) is 0 Å². The fourth-order valence-corrected chi connectivity index (χ4v) is 3.58. The van der Waals surface area contributed by atoms with Crippen LogP contribution < -0.4 is 0 Å². The van der Waals surface area contributed by atoms with Gasteiger partial charge in [0.05, 0.1) is 6.42 Å². The highest BCUT2D eigenvalue weighted by atomic mass is 35.5. The van der Waals surface area contributed by atoms with Gasteiger partial charge in [-0.15, -0.1) is 12.4 Å². The van der Waals surface area contributed by atoms with Crippen molar-refractivity contribution in [1.82, 2.24) is 9.80 Å². The number of amides is 1. The SMILES string of the molecule is CC(C)N1CCC(N(C)C(=O)Cc2ccc(-c3ccccc3)c(F)c2)C1.Cl. The van der Waals surface area contributed by atoms with Crippen molar-refractivity contribution in [3.8, 4) is 11.1 Å². The molecular formula is C22H28ClFN2O. The van der Waals surface area contributed by atoms with Crippen LogP contribution >= 0.6 is 12.4 Å². The topological polar surface area (TPSA) is 23.6 Å². The minimum atomic E-state index is -0.281. The second kappa shape index (κ2) is 9.34. The number of likely N-dealkylation sites (tertiary alicyclic amines) is 1. The maximum absolute atomic E-state index is 14.5. The van der Waals surface area contributed by atoms with Gasteiger partial charge in [-0.25, -0.2) is 4.39 Å². The maximum atomic E-state index is 14.5. The highest BCUT2D eigenvalue weighted by molar-refractivity contribution is 5.85. The molecule has 1 heterocycles. The van der Waals surface area contributed by atoms with Gasteiger partial charge in [-0.1, -0.05) is 42.5 Å². The van der Waals surface area contributed by atoms with Crippen LogP contribution in [0.5, 0.6) is 0 Å². The molecule has 146 valence electrons.